The van der Waals surface area contributed by atoms with Crippen molar-refractivity contribution >= 4 is 17.6 Å². The van der Waals surface area contributed by atoms with Crippen LogP contribution in [0.2, 0.25) is 0 Å². The summed E-state index contributed by atoms with van der Waals surface area (Å²) in [5, 5.41) is 14.7. The molecule has 1 unspecified atom stereocenters. The van der Waals surface area contributed by atoms with Crippen molar-refractivity contribution < 1.29 is 14.3 Å². The smallest absolute Gasteiger partial charge is 0.319 e. The molecule has 1 aliphatic rings. The number of hydrogen-bond acceptors (Lipinski definition) is 4. The van der Waals surface area contributed by atoms with Crippen LogP contribution in [0.25, 0.3) is 0 Å². The number of ether oxygens (including phenoxy) is 1. The van der Waals surface area contributed by atoms with Crippen molar-refractivity contribution in [2.75, 3.05) is 19.0 Å². The predicted octanol–water partition coefficient (Wildman–Crippen LogP) is 3.07. The molecular formula is C22H24N4O3. The van der Waals surface area contributed by atoms with Gasteiger partial charge >= 0.3 is 6.03 Å². The summed E-state index contributed by atoms with van der Waals surface area (Å²) in [5.41, 5.74) is 2.46. The van der Waals surface area contributed by atoms with Crippen LogP contribution < -0.4 is 15.4 Å². The zero-order valence-electron chi connectivity index (χ0n) is 16.4. The second kappa shape index (κ2) is 9.60. The number of carbonyl (C=O) groups excluding carboxylic acids is 2. The van der Waals surface area contributed by atoms with E-state index in [1.165, 1.54) is 0 Å². The van der Waals surface area contributed by atoms with Gasteiger partial charge in [0.25, 0.3) is 0 Å². The third kappa shape index (κ3) is 5.48. The SMILES string of the molecule is COc1ccc(CNC(=O)Nc2ccc(CC(=O)N3CCCC3C#N)cc2)cc1. The average Bonchev–Trinajstić information content (AvgIpc) is 3.23. The highest BCUT2D eigenvalue weighted by Crippen LogP contribution is 2.18. The lowest BCUT2D eigenvalue weighted by Crippen LogP contribution is -2.35. The fraction of sp³-hybridized carbons (Fsp3) is 0.318. The number of nitriles is 1. The Morgan fingerprint density at radius 2 is 1.83 bits per heavy atom. The van der Waals surface area contributed by atoms with E-state index in [2.05, 4.69) is 16.7 Å². The van der Waals surface area contributed by atoms with Gasteiger partial charge in [-0.25, -0.2) is 4.79 Å². The Hall–Kier alpha value is -3.53. The van der Waals surface area contributed by atoms with Gasteiger partial charge in [-0.3, -0.25) is 4.79 Å². The lowest BCUT2D eigenvalue weighted by atomic mass is 10.1. The summed E-state index contributed by atoms with van der Waals surface area (Å²) in [5.74, 6) is 0.733. The number of carbonyl (C=O) groups is 2. The Labute approximate surface area is 170 Å². The van der Waals surface area contributed by atoms with Crippen molar-refractivity contribution in [1.29, 1.82) is 5.26 Å². The maximum atomic E-state index is 12.4. The Bertz CT molecular complexity index is 888. The van der Waals surface area contributed by atoms with Crippen molar-refractivity contribution in [3.8, 4) is 11.8 Å². The molecule has 150 valence electrons. The van der Waals surface area contributed by atoms with Crippen molar-refractivity contribution in [1.82, 2.24) is 10.2 Å². The summed E-state index contributed by atoms with van der Waals surface area (Å²) in [4.78, 5) is 26.1. The minimum Gasteiger partial charge on any atom is -0.497 e. The number of nitrogens with zero attached hydrogens (tertiary/aromatic N) is 2. The van der Waals surface area contributed by atoms with Gasteiger partial charge in [-0.05, 0) is 48.2 Å². The molecule has 0 bridgehead atoms. The summed E-state index contributed by atoms with van der Waals surface area (Å²) >= 11 is 0. The Morgan fingerprint density at radius 3 is 2.48 bits per heavy atom. The molecule has 7 nitrogen and oxygen atoms in total. The minimum atomic E-state index is -0.308. The second-order valence-electron chi connectivity index (χ2n) is 6.90. The average molecular weight is 392 g/mol. The lowest BCUT2D eigenvalue weighted by molar-refractivity contribution is -0.130. The topological polar surface area (TPSA) is 94.5 Å². The van der Waals surface area contributed by atoms with Crippen LogP contribution >= 0.6 is 0 Å². The summed E-state index contributed by atoms with van der Waals surface area (Å²) in [6, 6.07) is 16.2. The number of urea groups is 1. The van der Waals surface area contributed by atoms with Crippen LogP contribution in [0, 0.1) is 11.3 Å². The van der Waals surface area contributed by atoms with Crippen molar-refractivity contribution in [3.63, 3.8) is 0 Å². The van der Waals surface area contributed by atoms with E-state index in [1.807, 2.05) is 36.4 Å². The summed E-state index contributed by atoms with van der Waals surface area (Å²) < 4.78 is 5.11. The van der Waals surface area contributed by atoms with Crippen molar-refractivity contribution in [2.24, 2.45) is 0 Å². The molecule has 2 N–H and O–H groups in total. The van der Waals surface area contributed by atoms with Gasteiger partial charge in [0, 0.05) is 18.8 Å². The number of anilines is 1. The number of amides is 3. The molecule has 2 aromatic rings. The number of likely N-dealkylation sites (tertiary alicyclic amines) is 1. The van der Waals surface area contributed by atoms with Gasteiger partial charge in [0.15, 0.2) is 0 Å². The van der Waals surface area contributed by atoms with E-state index in [4.69, 9.17) is 10.00 Å². The molecule has 2 aromatic carbocycles. The molecule has 1 saturated heterocycles. The molecule has 29 heavy (non-hydrogen) atoms. The minimum absolute atomic E-state index is 0.0352. The molecule has 0 aromatic heterocycles. The van der Waals surface area contributed by atoms with Crippen molar-refractivity contribution in [2.45, 2.75) is 31.8 Å². The van der Waals surface area contributed by atoms with Gasteiger partial charge in [0.2, 0.25) is 5.91 Å². The van der Waals surface area contributed by atoms with Gasteiger partial charge in [-0.15, -0.1) is 0 Å². The standard InChI is InChI=1S/C22H24N4O3/c1-29-20-10-6-17(7-11-20)15-24-22(28)25-18-8-4-16(5-9-18)13-21(27)26-12-2-3-19(26)14-23/h4-11,19H,2-3,12-13,15H2,1H3,(H2,24,25,28). The van der Waals surface area contributed by atoms with E-state index in [1.54, 1.807) is 24.1 Å². The normalized spacial score (nSPS) is 15.4. The molecule has 0 saturated carbocycles. The zero-order chi connectivity index (χ0) is 20.6. The molecule has 1 heterocycles. The number of methoxy groups -OCH3 is 1. The maximum absolute atomic E-state index is 12.4. The molecule has 1 fully saturated rings. The van der Waals surface area contributed by atoms with E-state index >= 15 is 0 Å². The first-order valence-electron chi connectivity index (χ1n) is 9.55. The molecule has 0 aliphatic carbocycles. The van der Waals surface area contributed by atoms with Gasteiger partial charge < -0.3 is 20.3 Å². The third-order valence-electron chi connectivity index (χ3n) is 4.90. The van der Waals surface area contributed by atoms with E-state index in [0.717, 1.165) is 29.7 Å². The van der Waals surface area contributed by atoms with Gasteiger partial charge in [0.05, 0.1) is 19.6 Å². The largest absolute Gasteiger partial charge is 0.497 e. The third-order valence-corrected chi connectivity index (χ3v) is 4.90. The van der Waals surface area contributed by atoms with Gasteiger partial charge in [-0.2, -0.15) is 5.26 Å². The van der Waals surface area contributed by atoms with Crippen LogP contribution in [0.5, 0.6) is 5.75 Å². The molecule has 1 atom stereocenters. The van der Waals surface area contributed by atoms with E-state index in [0.29, 0.717) is 18.8 Å². The van der Waals surface area contributed by atoms with Crippen molar-refractivity contribution in [3.05, 3.63) is 59.7 Å². The first-order chi connectivity index (χ1) is 14.1. The highest BCUT2D eigenvalue weighted by molar-refractivity contribution is 5.89. The molecule has 0 spiro atoms. The fourth-order valence-electron chi connectivity index (χ4n) is 3.28. The number of benzene rings is 2. The monoisotopic (exact) mass is 392 g/mol. The van der Waals surface area contributed by atoms with Gasteiger partial charge in [0.1, 0.15) is 11.8 Å². The Kier molecular flexibility index (Phi) is 6.69. The maximum Gasteiger partial charge on any atom is 0.319 e. The van der Waals surface area contributed by atoms with Crippen LogP contribution in [0.3, 0.4) is 0 Å². The van der Waals surface area contributed by atoms with Crippen LogP contribution in [0.1, 0.15) is 24.0 Å². The van der Waals surface area contributed by atoms with Crippen LogP contribution in [0.4, 0.5) is 10.5 Å². The summed E-state index contributed by atoms with van der Waals surface area (Å²) in [7, 11) is 1.61. The number of rotatable bonds is 6. The van der Waals surface area contributed by atoms with Crippen LogP contribution in [-0.2, 0) is 17.8 Å². The summed E-state index contributed by atoms with van der Waals surface area (Å²) in [6.45, 7) is 1.05. The summed E-state index contributed by atoms with van der Waals surface area (Å²) in [6.07, 6.45) is 1.87. The number of hydrogen-bond donors (Lipinski definition) is 2. The molecule has 3 rings (SSSR count). The van der Waals surface area contributed by atoms with E-state index in [-0.39, 0.29) is 24.4 Å². The highest BCUT2D eigenvalue weighted by atomic mass is 16.5. The highest BCUT2D eigenvalue weighted by Gasteiger charge is 2.28. The first kappa shape index (κ1) is 20.2. The van der Waals surface area contributed by atoms with E-state index in [9.17, 15) is 9.59 Å². The lowest BCUT2D eigenvalue weighted by Gasteiger charge is -2.19. The molecule has 3 amide bonds. The fourth-order valence-corrected chi connectivity index (χ4v) is 3.28. The Morgan fingerprint density at radius 1 is 1.14 bits per heavy atom. The number of nitrogens with one attached hydrogen (secondary N) is 2. The second-order valence-corrected chi connectivity index (χ2v) is 6.90. The molecule has 0 radical (unpaired) electrons. The molecular weight excluding hydrogens is 368 g/mol. The quantitative estimate of drug-likeness (QED) is 0.790. The van der Waals surface area contributed by atoms with Crippen LogP contribution in [0.15, 0.2) is 48.5 Å². The molecule has 1 aliphatic heterocycles. The first-order valence-corrected chi connectivity index (χ1v) is 9.55. The van der Waals surface area contributed by atoms with Gasteiger partial charge in [-0.1, -0.05) is 24.3 Å². The zero-order valence-corrected chi connectivity index (χ0v) is 16.4. The predicted molar refractivity (Wildman–Crippen MR) is 109 cm³/mol. The Balaban J connectivity index is 1.47. The van der Waals surface area contributed by atoms with Crippen LogP contribution in [-0.4, -0.2) is 36.5 Å². The van der Waals surface area contributed by atoms with E-state index < -0.39 is 0 Å². The molecule has 7 heteroatoms.